The van der Waals surface area contributed by atoms with Crippen molar-refractivity contribution in [3.63, 3.8) is 0 Å². The van der Waals surface area contributed by atoms with Crippen LogP contribution in [-0.4, -0.2) is 16.3 Å². The molecule has 110 valence electrons. The number of nitrogens with one attached hydrogen (secondary N) is 1. The Hall–Kier alpha value is -0.840. The number of hydrogen-bond donors (Lipinski definition) is 1. The summed E-state index contributed by atoms with van der Waals surface area (Å²) >= 11 is 3.45. The number of anilines is 1. The summed E-state index contributed by atoms with van der Waals surface area (Å²) in [7, 11) is 0. The zero-order chi connectivity index (χ0) is 13.9. The fraction of sp³-hybridized carbons (Fsp3) is 0.733. The molecule has 0 saturated heterocycles. The molecular weight excluding hydrogens is 318 g/mol. The monoisotopic (exact) mass is 339 g/mol. The quantitative estimate of drug-likeness (QED) is 0.894. The van der Waals surface area contributed by atoms with Crippen molar-refractivity contribution in [3.8, 4) is 0 Å². The van der Waals surface area contributed by atoms with Crippen molar-refractivity contribution in [2.75, 3.05) is 11.9 Å². The standard InChI is InChI=1S/C15H22BrN3O/c16-13-9-18-19(10-12-6-3-7-12)15(20)14(13)17-8-11-4-1-2-5-11/h9,11-12,17H,1-8,10H2. The van der Waals surface area contributed by atoms with Gasteiger partial charge < -0.3 is 5.32 Å². The van der Waals surface area contributed by atoms with Crippen molar-refractivity contribution in [2.45, 2.75) is 51.5 Å². The minimum Gasteiger partial charge on any atom is -0.379 e. The Kier molecular flexibility index (Phi) is 4.44. The maximum Gasteiger partial charge on any atom is 0.291 e. The predicted molar refractivity (Wildman–Crippen MR) is 84.0 cm³/mol. The van der Waals surface area contributed by atoms with Crippen molar-refractivity contribution in [1.29, 1.82) is 0 Å². The van der Waals surface area contributed by atoms with Crippen molar-refractivity contribution in [3.05, 3.63) is 21.0 Å². The van der Waals surface area contributed by atoms with Crippen LogP contribution in [0, 0.1) is 11.8 Å². The van der Waals surface area contributed by atoms with Crippen molar-refractivity contribution in [1.82, 2.24) is 9.78 Å². The molecule has 2 fully saturated rings. The van der Waals surface area contributed by atoms with Crippen molar-refractivity contribution < 1.29 is 0 Å². The third-order valence-electron chi connectivity index (χ3n) is 4.70. The van der Waals surface area contributed by atoms with Crippen LogP contribution in [0.3, 0.4) is 0 Å². The fourth-order valence-electron chi connectivity index (χ4n) is 3.14. The largest absolute Gasteiger partial charge is 0.379 e. The maximum atomic E-state index is 12.5. The summed E-state index contributed by atoms with van der Waals surface area (Å²) in [5, 5.41) is 7.61. The average Bonchev–Trinajstić information content (AvgIpc) is 2.89. The first kappa shape index (κ1) is 14.1. The number of hydrogen-bond acceptors (Lipinski definition) is 3. The van der Waals surface area contributed by atoms with E-state index in [-0.39, 0.29) is 5.56 Å². The molecule has 0 aliphatic heterocycles. The van der Waals surface area contributed by atoms with Gasteiger partial charge in [0.15, 0.2) is 0 Å². The van der Waals surface area contributed by atoms with E-state index in [1.807, 2.05) is 0 Å². The molecule has 1 heterocycles. The Bertz CT molecular complexity index is 518. The summed E-state index contributed by atoms with van der Waals surface area (Å²) in [5.41, 5.74) is 0.704. The van der Waals surface area contributed by atoms with Crippen LogP contribution in [0.1, 0.15) is 44.9 Å². The van der Waals surface area contributed by atoms with Gasteiger partial charge >= 0.3 is 0 Å². The summed E-state index contributed by atoms with van der Waals surface area (Å²) in [6.07, 6.45) is 10.7. The molecule has 3 rings (SSSR count). The Morgan fingerprint density at radius 2 is 1.90 bits per heavy atom. The number of halogens is 1. The highest BCUT2D eigenvalue weighted by Crippen LogP contribution is 2.28. The molecule has 2 saturated carbocycles. The van der Waals surface area contributed by atoms with Gasteiger partial charge in [-0.3, -0.25) is 4.79 Å². The van der Waals surface area contributed by atoms with Crippen LogP contribution in [0.4, 0.5) is 5.69 Å². The van der Waals surface area contributed by atoms with E-state index >= 15 is 0 Å². The van der Waals surface area contributed by atoms with Gasteiger partial charge in [-0.2, -0.15) is 5.10 Å². The zero-order valence-electron chi connectivity index (χ0n) is 11.8. The molecule has 1 aromatic heterocycles. The minimum atomic E-state index is 0.0178. The summed E-state index contributed by atoms with van der Waals surface area (Å²) in [4.78, 5) is 12.5. The van der Waals surface area contributed by atoms with E-state index in [1.165, 1.54) is 44.9 Å². The zero-order valence-corrected chi connectivity index (χ0v) is 13.4. The van der Waals surface area contributed by atoms with E-state index in [1.54, 1.807) is 10.9 Å². The third-order valence-corrected chi connectivity index (χ3v) is 5.30. The van der Waals surface area contributed by atoms with Crippen LogP contribution in [-0.2, 0) is 6.54 Å². The highest BCUT2D eigenvalue weighted by Gasteiger charge is 2.21. The van der Waals surface area contributed by atoms with Crippen LogP contribution in [0.2, 0.25) is 0 Å². The molecule has 0 bridgehead atoms. The van der Waals surface area contributed by atoms with Gasteiger partial charge in [0.25, 0.3) is 5.56 Å². The van der Waals surface area contributed by atoms with E-state index in [2.05, 4.69) is 26.3 Å². The van der Waals surface area contributed by atoms with Gasteiger partial charge in [0.05, 0.1) is 10.7 Å². The molecule has 4 nitrogen and oxygen atoms in total. The van der Waals surface area contributed by atoms with E-state index in [0.29, 0.717) is 11.6 Å². The van der Waals surface area contributed by atoms with E-state index in [4.69, 9.17) is 0 Å². The van der Waals surface area contributed by atoms with E-state index in [9.17, 15) is 4.79 Å². The first-order valence-electron chi connectivity index (χ1n) is 7.73. The van der Waals surface area contributed by atoms with Crippen LogP contribution in [0.5, 0.6) is 0 Å². The molecule has 0 amide bonds. The Labute approximate surface area is 128 Å². The molecule has 20 heavy (non-hydrogen) atoms. The molecule has 0 spiro atoms. The summed E-state index contributed by atoms with van der Waals surface area (Å²) in [6.45, 7) is 1.67. The minimum absolute atomic E-state index is 0.0178. The lowest BCUT2D eigenvalue weighted by molar-refractivity contribution is 0.262. The van der Waals surface area contributed by atoms with Gasteiger partial charge in [0, 0.05) is 13.1 Å². The second-order valence-electron chi connectivity index (χ2n) is 6.18. The molecule has 1 aromatic rings. The van der Waals surface area contributed by atoms with Gasteiger partial charge in [0.1, 0.15) is 5.69 Å². The normalized spacial score (nSPS) is 20.1. The molecule has 5 heteroatoms. The Balaban J connectivity index is 1.70. The second kappa shape index (κ2) is 6.29. The van der Waals surface area contributed by atoms with Crippen LogP contribution >= 0.6 is 15.9 Å². The Morgan fingerprint density at radius 1 is 1.20 bits per heavy atom. The van der Waals surface area contributed by atoms with Crippen LogP contribution in [0.25, 0.3) is 0 Å². The summed E-state index contributed by atoms with van der Waals surface area (Å²) < 4.78 is 2.41. The number of rotatable bonds is 5. The van der Waals surface area contributed by atoms with Gasteiger partial charge in [-0.05, 0) is 53.4 Å². The second-order valence-corrected chi connectivity index (χ2v) is 7.04. The lowest BCUT2D eigenvalue weighted by Gasteiger charge is -2.25. The maximum absolute atomic E-state index is 12.5. The highest BCUT2D eigenvalue weighted by molar-refractivity contribution is 9.10. The topological polar surface area (TPSA) is 46.9 Å². The Morgan fingerprint density at radius 3 is 2.55 bits per heavy atom. The van der Waals surface area contributed by atoms with Gasteiger partial charge in [-0.25, -0.2) is 4.68 Å². The van der Waals surface area contributed by atoms with Gasteiger partial charge in [0.2, 0.25) is 0 Å². The van der Waals surface area contributed by atoms with Gasteiger partial charge in [-0.1, -0.05) is 19.3 Å². The van der Waals surface area contributed by atoms with Crippen molar-refractivity contribution in [2.24, 2.45) is 11.8 Å². The smallest absolute Gasteiger partial charge is 0.291 e. The molecule has 2 aliphatic carbocycles. The molecule has 0 aromatic carbocycles. The molecule has 0 unspecified atom stereocenters. The highest BCUT2D eigenvalue weighted by atomic mass is 79.9. The lowest BCUT2D eigenvalue weighted by atomic mass is 9.85. The predicted octanol–water partition coefficient (Wildman–Crippen LogP) is 3.41. The van der Waals surface area contributed by atoms with Crippen LogP contribution < -0.4 is 10.9 Å². The third kappa shape index (κ3) is 3.08. The average molecular weight is 340 g/mol. The first-order valence-corrected chi connectivity index (χ1v) is 8.53. The molecule has 2 aliphatic rings. The lowest BCUT2D eigenvalue weighted by Crippen LogP contribution is -2.31. The first-order chi connectivity index (χ1) is 9.74. The molecule has 0 radical (unpaired) electrons. The summed E-state index contributed by atoms with van der Waals surface area (Å²) in [5.74, 6) is 1.36. The van der Waals surface area contributed by atoms with Gasteiger partial charge in [-0.15, -0.1) is 0 Å². The van der Waals surface area contributed by atoms with E-state index in [0.717, 1.165) is 23.5 Å². The van der Waals surface area contributed by atoms with Crippen LogP contribution in [0.15, 0.2) is 15.5 Å². The number of nitrogens with zero attached hydrogens (tertiary/aromatic N) is 2. The number of aromatic nitrogens is 2. The molecular formula is C15H22BrN3O. The van der Waals surface area contributed by atoms with Crippen molar-refractivity contribution >= 4 is 21.6 Å². The SMILES string of the molecule is O=c1c(NCC2CCCC2)c(Br)cnn1CC1CCC1. The van der Waals surface area contributed by atoms with E-state index < -0.39 is 0 Å². The molecule has 1 N–H and O–H groups in total. The summed E-state index contributed by atoms with van der Waals surface area (Å²) in [6, 6.07) is 0. The molecule has 0 atom stereocenters. The fourth-order valence-corrected chi connectivity index (χ4v) is 3.54.